The summed E-state index contributed by atoms with van der Waals surface area (Å²) in [5, 5.41) is 2.91. The SMILES string of the molecule is CCOC(=O)C1=C(N)N(c2ccc(C)cc2)C2=C(C(=O)CC(C)(C)C2)C12C(=O)Nc1ccc(Br)cc12. The van der Waals surface area contributed by atoms with Crippen LogP contribution in [-0.4, -0.2) is 24.3 Å². The van der Waals surface area contributed by atoms with Gasteiger partial charge in [-0.05, 0) is 56.0 Å². The monoisotopic (exact) mass is 549 g/mol. The largest absolute Gasteiger partial charge is 0.462 e. The van der Waals surface area contributed by atoms with Crippen LogP contribution in [0.15, 0.2) is 69.6 Å². The summed E-state index contributed by atoms with van der Waals surface area (Å²) in [7, 11) is 0. The predicted octanol–water partition coefficient (Wildman–Crippen LogP) is 4.84. The summed E-state index contributed by atoms with van der Waals surface area (Å²) in [5.41, 5.74) is 8.47. The molecule has 0 saturated carbocycles. The van der Waals surface area contributed by atoms with Gasteiger partial charge in [-0.3, -0.25) is 14.5 Å². The first-order chi connectivity index (χ1) is 17.0. The molecule has 1 amide bonds. The zero-order valence-electron chi connectivity index (χ0n) is 20.7. The highest BCUT2D eigenvalue weighted by Crippen LogP contribution is 2.57. The number of carbonyl (C=O) groups excluding carboxylic acids is 3. The Labute approximate surface area is 218 Å². The van der Waals surface area contributed by atoms with Crippen LogP contribution in [0.1, 0.15) is 44.7 Å². The number of Topliss-reactive ketones (excluding diaryl/α,β-unsaturated/α-hetero) is 1. The molecule has 8 heteroatoms. The smallest absolute Gasteiger partial charge is 0.339 e. The molecule has 2 aromatic carbocycles. The maximum Gasteiger partial charge on any atom is 0.339 e. The number of anilines is 2. The van der Waals surface area contributed by atoms with Crippen molar-refractivity contribution in [2.24, 2.45) is 11.1 Å². The van der Waals surface area contributed by atoms with Crippen LogP contribution in [0.25, 0.3) is 0 Å². The number of benzene rings is 2. The van der Waals surface area contributed by atoms with Crippen molar-refractivity contribution in [1.29, 1.82) is 0 Å². The second kappa shape index (κ2) is 8.34. The van der Waals surface area contributed by atoms with E-state index in [1.807, 2.05) is 45.0 Å². The van der Waals surface area contributed by atoms with Crippen molar-refractivity contribution in [2.45, 2.75) is 46.0 Å². The molecule has 7 nitrogen and oxygen atoms in total. The fourth-order valence-electron chi connectivity index (χ4n) is 5.70. The van der Waals surface area contributed by atoms with Gasteiger partial charge in [0.1, 0.15) is 16.8 Å². The Morgan fingerprint density at radius 3 is 2.50 bits per heavy atom. The molecule has 0 radical (unpaired) electrons. The van der Waals surface area contributed by atoms with Gasteiger partial charge >= 0.3 is 5.97 Å². The minimum absolute atomic E-state index is 0.0360. The van der Waals surface area contributed by atoms with Gasteiger partial charge in [0.15, 0.2) is 5.78 Å². The lowest BCUT2D eigenvalue weighted by atomic mass is 9.60. The first-order valence-electron chi connectivity index (χ1n) is 11.9. The first kappa shape index (κ1) is 24.3. The maximum atomic E-state index is 14.0. The molecule has 36 heavy (non-hydrogen) atoms. The molecule has 0 fully saturated rings. The molecular weight excluding hydrogens is 522 g/mol. The van der Waals surface area contributed by atoms with Crippen LogP contribution < -0.4 is 16.0 Å². The van der Waals surface area contributed by atoms with Crippen LogP contribution in [0.5, 0.6) is 0 Å². The second-order valence-electron chi connectivity index (χ2n) is 10.3. The van der Waals surface area contributed by atoms with Crippen molar-refractivity contribution in [2.75, 3.05) is 16.8 Å². The normalized spacial score (nSPS) is 22.5. The van der Waals surface area contributed by atoms with E-state index in [1.165, 1.54) is 0 Å². The third-order valence-electron chi connectivity index (χ3n) is 7.12. The maximum absolute atomic E-state index is 14.0. The highest BCUT2D eigenvalue weighted by Gasteiger charge is 2.63. The van der Waals surface area contributed by atoms with Crippen LogP contribution in [0.4, 0.5) is 11.4 Å². The fourth-order valence-corrected chi connectivity index (χ4v) is 6.06. The molecule has 2 aliphatic heterocycles. The lowest BCUT2D eigenvalue weighted by Crippen LogP contribution is -2.54. The highest BCUT2D eigenvalue weighted by atomic mass is 79.9. The van der Waals surface area contributed by atoms with Crippen molar-refractivity contribution in [1.82, 2.24) is 0 Å². The molecule has 3 aliphatic rings. The average molecular weight is 550 g/mol. The third kappa shape index (κ3) is 3.42. The van der Waals surface area contributed by atoms with Gasteiger partial charge in [0.05, 0.1) is 6.61 Å². The van der Waals surface area contributed by atoms with E-state index in [2.05, 4.69) is 21.2 Å². The number of amides is 1. The Morgan fingerprint density at radius 1 is 1.14 bits per heavy atom. The molecule has 1 aliphatic carbocycles. The van der Waals surface area contributed by atoms with Gasteiger partial charge in [0, 0.05) is 39.1 Å². The summed E-state index contributed by atoms with van der Waals surface area (Å²) in [4.78, 5) is 43.4. The number of esters is 1. The Hall–Kier alpha value is -3.39. The van der Waals surface area contributed by atoms with Crippen LogP contribution in [0.3, 0.4) is 0 Å². The number of hydrogen-bond acceptors (Lipinski definition) is 6. The average Bonchev–Trinajstić information content (AvgIpc) is 3.05. The summed E-state index contributed by atoms with van der Waals surface area (Å²) >= 11 is 3.50. The molecule has 2 heterocycles. The zero-order valence-corrected chi connectivity index (χ0v) is 22.3. The van der Waals surface area contributed by atoms with Crippen molar-refractivity contribution in [3.05, 3.63) is 80.7 Å². The number of fused-ring (bicyclic) bond motifs is 3. The molecule has 1 unspecified atom stereocenters. The minimum Gasteiger partial charge on any atom is -0.462 e. The summed E-state index contributed by atoms with van der Waals surface area (Å²) in [6.07, 6.45) is 0.735. The minimum atomic E-state index is -1.71. The molecule has 0 saturated heterocycles. The number of nitrogens with one attached hydrogen (secondary N) is 1. The van der Waals surface area contributed by atoms with Crippen molar-refractivity contribution < 1.29 is 19.1 Å². The van der Waals surface area contributed by atoms with E-state index in [0.29, 0.717) is 33.5 Å². The van der Waals surface area contributed by atoms with Gasteiger partial charge in [-0.1, -0.05) is 47.5 Å². The summed E-state index contributed by atoms with van der Waals surface area (Å²) in [5.74, 6) is -1.30. The third-order valence-corrected chi connectivity index (χ3v) is 7.61. The molecule has 0 aromatic heterocycles. The number of carbonyl (C=O) groups is 3. The first-order valence-corrected chi connectivity index (χ1v) is 12.7. The van der Waals surface area contributed by atoms with Gasteiger partial charge < -0.3 is 15.8 Å². The van der Waals surface area contributed by atoms with E-state index >= 15 is 0 Å². The molecule has 186 valence electrons. The van der Waals surface area contributed by atoms with Gasteiger partial charge in [-0.2, -0.15) is 0 Å². The van der Waals surface area contributed by atoms with Gasteiger partial charge in [-0.15, -0.1) is 0 Å². The highest BCUT2D eigenvalue weighted by molar-refractivity contribution is 9.10. The topological polar surface area (TPSA) is 102 Å². The van der Waals surface area contributed by atoms with E-state index in [0.717, 1.165) is 5.56 Å². The second-order valence-corrected chi connectivity index (χ2v) is 11.2. The number of ether oxygens (including phenoxy) is 1. The Balaban J connectivity index is 1.92. The van der Waals surface area contributed by atoms with Gasteiger partial charge in [0.25, 0.3) is 0 Å². The van der Waals surface area contributed by atoms with Crippen LogP contribution in [-0.2, 0) is 24.5 Å². The number of ketones is 1. The predicted molar refractivity (Wildman–Crippen MR) is 141 cm³/mol. The van der Waals surface area contributed by atoms with E-state index in [9.17, 15) is 14.4 Å². The number of aryl methyl sites for hydroxylation is 1. The molecule has 1 spiro atoms. The molecule has 1 atom stereocenters. The number of halogens is 1. The molecule has 3 N–H and O–H groups in total. The molecular formula is C28H28BrN3O4. The number of hydrogen-bond donors (Lipinski definition) is 2. The van der Waals surface area contributed by atoms with Crippen LogP contribution in [0.2, 0.25) is 0 Å². The number of allylic oxidation sites excluding steroid dienone is 1. The van der Waals surface area contributed by atoms with Crippen LogP contribution in [0, 0.1) is 12.3 Å². The van der Waals surface area contributed by atoms with Crippen molar-refractivity contribution in [3.63, 3.8) is 0 Å². The fraction of sp³-hybridized carbons (Fsp3) is 0.321. The van der Waals surface area contributed by atoms with E-state index in [1.54, 1.807) is 30.0 Å². The zero-order chi connectivity index (χ0) is 26.0. The van der Waals surface area contributed by atoms with Gasteiger partial charge in [0.2, 0.25) is 5.91 Å². The Morgan fingerprint density at radius 2 is 1.83 bits per heavy atom. The van der Waals surface area contributed by atoms with Crippen molar-refractivity contribution in [3.8, 4) is 0 Å². The van der Waals surface area contributed by atoms with Gasteiger partial charge in [-0.25, -0.2) is 4.79 Å². The summed E-state index contributed by atoms with van der Waals surface area (Å²) in [6.45, 7) is 7.81. The molecule has 0 bridgehead atoms. The quantitative estimate of drug-likeness (QED) is 0.531. The lowest BCUT2D eigenvalue weighted by Gasteiger charge is -2.47. The van der Waals surface area contributed by atoms with E-state index < -0.39 is 17.3 Å². The molecule has 2 aromatic rings. The number of nitrogens with zero attached hydrogens (tertiary/aromatic N) is 1. The molecule has 5 rings (SSSR count). The van der Waals surface area contributed by atoms with Crippen LogP contribution >= 0.6 is 15.9 Å². The van der Waals surface area contributed by atoms with E-state index in [-0.39, 0.29) is 41.2 Å². The van der Waals surface area contributed by atoms with Crippen molar-refractivity contribution >= 4 is 45.0 Å². The number of rotatable bonds is 3. The summed E-state index contributed by atoms with van der Waals surface area (Å²) < 4.78 is 6.18. The Bertz CT molecular complexity index is 1390. The standard InChI is InChI=1S/C28H28BrN3O4/c1-5-36-25(34)23-24(30)32(17-9-6-15(2)7-10-17)20-13-27(3,4)14-21(33)22(20)28(23)18-12-16(29)8-11-19(18)31-26(28)35/h6-12H,5,13-14,30H2,1-4H3,(H,31,35). The number of nitrogens with two attached hydrogens (primary N) is 1. The summed E-state index contributed by atoms with van der Waals surface area (Å²) in [6, 6.07) is 13.0. The van der Waals surface area contributed by atoms with E-state index in [4.69, 9.17) is 10.5 Å². The lowest BCUT2D eigenvalue weighted by molar-refractivity contribution is -0.140. The Kier molecular flexibility index (Phi) is 5.63.